The van der Waals surface area contributed by atoms with E-state index in [0.717, 1.165) is 11.5 Å². The van der Waals surface area contributed by atoms with E-state index in [1.54, 1.807) is 0 Å². The minimum atomic E-state index is 0.450. The fraction of sp³-hybridized carbons (Fsp3) is 0.706. The lowest BCUT2D eigenvalue weighted by Gasteiger charge is -2.38. The molecule has 2 aliphatic carbocycles. The van der Waals surface area contributed by atoms with Crippen LogP contribution in [-0.4, -0.2) is 11.0 Å². The molecule has 1 heterocycles. The van der Waals surface area contributed by atoms with E-state index in [0.29, 0.717) is 6.04 Å². The molecule has 2 nitrogen and oxygen atoms in total. The second-order valence-electron chi connectivity index (χ2n) is 6.65. The van der Waals surface area contributed by atoms with Crippen molar-refractivity contribution in [2.45, 2.75) is 70.4 Å². The van der Waals surface area contributed by atoms with E-state index in [1.807, 2.05) is 12.4 Å². The summed E-state index contributed by atoms with van der Waals surface area (Å²) in [5.41, 5.74) is 2.11. The van der Waals surface area contributed by atoms with Gasteiger partial charge in [-0.15, -0.1) is 0 Å². The summed E-state index contributed by atoms with van der Waals surface area (Å²) in [5, 5.41) is 3.81. The second-order valence-corrected chi connectivity index (χ2v) is 6.65. The fourth-order valence-corrected chi connectivity index (χ4v) is 4.12. The molecule has 0 aliphatic heterocycles. The van der Waals surface area contributed by atoms with Gasteiger partial charge in [-0.1, -0.05) is 12.8 Å². The summed E-state index contributed by atoms with van der Waals surface area (Å²) in [4.78, 5) is 4.09. The van der Waals surface area contributed by atoms with Gasteiger partial charge in [0.2, 0.25) is 0 Å². The lowest BCUT2D eigenvalue weighted by molar-refractivity contribution is 0.164. The van der Waals surface area contributed by atoms with Gasteiger partial charge in [-0.2, -0.15) is 0 Å². The number of pyridine rings is 1. The molecule has 2 saturated carbocycles. The first kappa shape index (κ1) is 13.1. The van der Waals surface area contributed by atoms with Crippen molar-refractivity contribution in [1.82, 2.24) is 10.3 Å². The Morgan fingerprint density at radius 2 is 1.74 bits per heavy atom. The highest BCUT2D eigenvalue weighted by molar-refractivity contribution is 5.14. The third-order valence-corrected chi connectivity index (χ3v) is 5.40. The molecule has 1 aromatic heterocycles. The number of hydrogen-bond acceptors (Lipinski definition) is 2. The smallest absolute Gasteiger partial charge is 0.0295 e. The van der Waals surface area contributed by atoms with E-state index in [1.165, 1.54) is 56.9 Å². The molecule has 3 rings (SSSR count). The zero-order chi connectivity index (χ0) is 13.1. The third-order valence-electron chi connectivity index (χ3n) is 5.40. The summed E-state index contributed by atoms with van der Waals surface area (Å²) in [5.74, 6) is 0. The van der Waals surface area contributed by atoms with Gasteiger partial charge >= 0.3 is 0 Å². The van der Waals surface area contributed by atoms with Crippen molar-refractivity contribution in [1.29, 1.82) is 0 Å². The van der Waals surface area contributed by atoms with Crippen LogP contribution in [0, 0.1) is 5.41 Å². The minimum absolute atomic E-state index is 0.450. The summed E-state index contributed by atoms with van der Waals surface area (Å²) in [6.07, 6.45) is 15.4. The molecule has 19 heavy (non-hydrogen) atoms. The lowest BCUT2D eigenvalue weighted by atomic mass is 9.71. The molecular formula is C17H26N2. The summed E-state index contributed by atoms with van der Waals surface area (Å²) < 4.78 is 0. The highest BCUT2D eigenvalue weighted by Gasteiger charge is 2.37. The highest BCUT2D eigenvalue weighted by atomic mass is 14.9. The van der Waals surface area contributed by atoms with Gasteiger partial charge in [0.25, 0.3) is 0 Å². The molecule has 2 heteroatoms. The molecule has 0 saturated heterocycles. The molecule has 1 spiro atoms. The van der Waals surface area contributed by atoms with Gasteiger partial charge in [0.1, 0.15) is 0 Å². The van der Waals surface area contributed by atoms with Crippen LogP contribution in [0.15, 0.2) is 24.5 Å². The molecule has 1 atom stereocenters. The Labute approximate surface area is 117 Å². The van der Waals surface area contributed by atoms with Gasteiger partial charge < -0.3 is 5.32 Å². The molecule has 0 aromatic carbocycles. The Balaban J connectivity index is 1.52. The average Bonchev–Trinajstić information content (AvgIpc) is 2.91. The summed E-state index contributed by atoms with van der Waals surface area (Å²) in [6, 6.07) is 5.41. The predicted octanol–water partition coefficient (Wildman–Crippen LogP) is 4.24. The monoisotopic (exact) mass is 258 g/mol. The maximum Gasteiger partial charge on any atom is 0.0295 e. The quantitative estimate of drug-likeness (QED) is 0.877. The maximum atomic E-state index is 4.09. The SMILES string of the molecule is C[C@H](NC1CCC2(CCCC2)CC1)c1ccncc1. The summed E-state index contributed by atoms with van der Waals surface area (Å²) >= 11 is 0. The topological polar surface area (TPSA) is 24.9 Å². The zero-order valence-electron chi connectivity index (χ0n) is 12.1. The van der Waals surface area contributed by atoms with Crippen molar-refractivity contribution in [3.05, 3.63) is 30.1 Å². The highest BCUT2D eigenvalue weighted by Crippen LogP contribution is 2.49. The van der Waals surface area contributed by atoms with Gasteiger partial charge in [0.15, 0.2) is 0 Å². The van der Waals surface area contributed by atoms with E-state index >= 15 is 0 Å². The standard InChI is InChI=1S/C17H26N2/c1-14(15-6-12-18-13-7-15)19-16-4-10-17(11-5-16)8-2-3-9-17/h6-7,12-14,16,19H,2-5,8-11H2,1H3/t14-/m0/s1. The summed E-state index contributed by atoms with van der Waals surface area (Å²) in [6.45, 7) is 2.27. The van der Waals surface area contributed by atoms with Crippen molar-refractivity contribution in [3.63, 3.8) is 0 Å². The van der Waals surface area contributed by atoms with E-state index < -0.39 is 0 Å². The lowest BCUT2D eigenvalue weighted by Crippen LogP contribution is -2.37. The van der Waals surface area contributed by atoms with E-state index in [-0.39, 0.29) is 0 Å². The van der Waals surface area contributed by atoms with Crippen molar-refractivity contribution in [3.8, 4) is 0 Å². The van der Waals surface area contributed by atoms with Crippen LogP contribution < -0.4 is 5.32 Å². The Morgan fingerprint density at radius 3 is 2.37 bits per heavy atom. The van der Waals surface area contributed by atoms with E-state index in [2.05, 4.69) is 29.4 Å². The fourth-order valence-electron chi connectivity index (χ4n) is 4.12. The Morgan fingerprint density at radius 1 is 1.11 bits per heavy atom. The Hall–Kier alpha value is -0.890. The molecule has 0 unspecified atom stereocenters. The summed E-state index contributed by atoms with van der Waals surface area (Å²) in [7, 11) is 0. The van der Waals surface area contributed by atoms with Gasteiger partial charge in [0, 0.05) is 24.5 Å². The first-order chi connectivity index (χ1) is 9.27. The number of rotatable bonds is 3. The second kappa shape index (κ2) is 5.62. The zero-order valence-corrected chi connectivity index (χ0v) is 12.1. The molecule has 104 valence electrons. The van der Waals surface area contributed by atoms with Crippen LogP contribution in [-0.2, 0) is 0 Å². The Bertz CT molecular complexity index is 385. The normalized spacial score (nSPS) is 24.7. The first-order valence-corrected chi connectivity index (χ1v) is 7.93. The molecule has 1 aromatic rings. The van der Waals surface area contributed by atoms with Crippen LogP contribution in [0.1, 0.15) is 69.9 Å². The van der Waals surface area contributed by atoms with Crippen molar-refractivity contribution >= 4 is 0 Å². The van der Waals surface area contributed by atoms with Crippen molar-refractivity contribution in [2.75, 3.05) is 0 Å². The molecular weight excluding hydrogens is 232 g/mol. The van der Waals surface area contributed by atoms with Crippen LogP contribution in [0.25, 0.3) is 0 Å². The van der Waals surface area contributed by atoms with Crippen LogP contribution in [0.3, 0.4) is 0 Å². The van der Waals surface area contributed by atoms with E-state index in [9.17, 15) is 0 Å². The number of nitrogens with one attached hydrogen (secondary N) is 1. The molecule has 2 aliphatic rings. The van der Waals surface area contributed by atoms with Gasteiger partial charge in [-0.25, -0.2) is 0 Å². The molecule has 0 radical (unpaired) electrons. The molecule has 0 bridgehead atoms. The van der Waals surface area contributed by atoms with Crippen LogP contribution in [0.4, 0.5) is 0 Å². The van der Waals surface area contributed by atoms with Gasteiger partial charge in [-0.3, -0.25) is 4.98 Å². The van der Waals surface area contributed by atoms with E-state index in [4.69, 9.17) is 0 Å². The maximum absolute atomic E-state index is 4.09. The van der Waals surface area contributed by atoms with Crippen LogP contribution in [0.5, 0.6) is 0 Å². The van der Waals surface area contributed by atoms with Crippen LogP contribution >= 0.6 is 0 Å². The molecule has 1 N–H and O–H groups in total. The number of nitrogens with zero attached hydrogens (tertiary/aromatic N) is 1. The minimum Gasteiger partial charge on any atom is -0.307 e. The predicted molar refractivity (Wildman–Crippen MR) is 78.9 cm³/mol. The number of aromatic nitrogens is 1. The molecule has 0 amide bonds. The van der Waals surface area contributed by atoms with Gasteiger partial charge in [0.05, 0.1) is 0 Å². The van der Waals surface area contributed by atoms with Crippen LogP contribution in [0.2, 0.25) is 0 Å². The van der Waals surface area contributed by atoms with Gasteiger partial charge in [-0.05, 0) is 68.6 Å². The first-order valence-electron chi connectivity index (χ1n) is 7.93. The largest absolute Gasteiger partial charge is 0.307 e. The third kappa shape index (κ3) is 3.00. The van der Waals surface area contributed by atoms with Crippen molar-refractivity contribution in [2.24, 2.45) is 5.41 Å². The molecule has 2 fully saturated rings. The Kier molecular flexibility index (Phi) is 3.88. The average molecular weight is 258 g/mol. The van der Waals surface area contributed by atoms with Crippen molar-refractivity contribution < 1.29 is 0 Å². The number of hydrogen-bond donors (Lipinski definition) is 1.